The molecule has 1 amide bonds. The van der Waals surface area contributed by atoms with Gasteiger partial charge in [0, 0.05) is 89.1 Å². The first-order chi connectivity index (χ1) is 19.8. The highest BCUT2D eigenvalue weighted by atomic mass is 28.3. The molecule has 3 aromatic heterocycles. The maximum atomic E-state index is 11.7. The number of hydrogen-bond acceptors (Lipinski definition) is 8. The molecule has 0 saturated carbocycles. The van der Waals surface area contributed by atoms with E-state index < -0.39 is 14.7 Å². The third-order valence-electron chi connectivity index (χ3n) is 7.16. The maximum Gasteiger partial charge on any atom is 0.248 e. The van der Waals surface area contributed by atoms with E-state index in [9.17, 15) is 4.79 Å². The topological polar surface area (TPSA) is 106 Å². The van der Waals surface area contributed by atoms with Crippen LogP contribution < -0.4 is 4.74 Å². The van der Waals surface area contributed by atoms with Crippen molar-refractivity contribution in [2.75, 3.05) is 39.4 Å². The average Bonchev–Trinajstić information content (AvgIpc) is 3.44. The van der Waals surface area contributed by atoms with Gasteiger partial charge in [-0.1, -0.05) is 19.6 Å². The standard InChI is InChI=1S/C30H38N6O4Si/c1-41(2,3)15-14-39-22-36-28(8-9-33-36)25-5-7-29(32-19-25)40-26-6-4-24-16-23(18-31-27(24)17-26)20-34-10-12-35(13-11-34)30(38)21-37/h4-9,16-19,37H,10-15,20-22H2,1-3H3. The van der Waals surface area contributed by atoms with Crippen molar-refractivity contribution in [2.45, 2.75) is 39.0 Å². The summed E-state index contributed by atoms with van der Waals surface area (Å²) >= 11 is 0. The second-order valence-electron chi connectivity index (χ2n) is 11.6. The molecule has 0 unspecified atom stereocenters. The van der Waals surface area contributed by atoms with Crippen LogP contribution in [0.1, 0.15) is 5.56 Å². The lowest BCUT2D eigenvalue weighted by molar-refractivity contribution is -0.136. The molecule has 0 radical (unpaired) electrons. The number of fused-ring (bicyclic) bond motifs is 1. The Kier molecular flexibility index (Phi) is 9.08. The van der Waals surface area contributed by atoms with E-state index >= 15 is 0 Å². The molecular weight excluding hydrogens is 536 g/mol. The molecule has 4 aromatic rings. The Morgan fingerprint density at radius 2 is 1.83 bits per heavy atom. The zero-order valence-corrected chi connectivity index (χ0v) is 25.0. The van der Waals surface area contributed by atoms with E-state index in [1.165, 1.54) is 0 Å². The molecule has 0 spiro atoms. The second-order valence-corrected chi connectivity index (χ2v) is 17.2. The number of aliphatic hydroxyl groups excluding tert-OH is 1. The molecular formula is C30H38N6O4Si. The summed E-state index contributed by atoms with van der Waals surface area (Å²) in [7, 11) is -1.13. The molecule has 11 heteroatoms. The van der Waals surface area contributed by atoms with Gasteiger partial charge in [-0.05, 0) is 41.9 Å². The predicted octanol–water partition coefficient (Wildman–Crippen LogP) is 4.23. The number of ether oxygens (including phenoxy) is 2. The third-order valence-corrected chi connectivity index (χ3v) is 8.86. The fourth-order valence-electron chi connectivity index (χ4n) is 4.73. The number of nitrogens with zero attached hydrogens (tertiary/aromatic N) is 6. The summed E-state index contributed by atoms with van der Waals surface area (Å²) in [5.74, 6) is 0.965. The van der Waals surface area contributed by atoms with Crippen molar-refractivity contribution in [2.24, 2.45) is 0 Å². The number of rotatable bonds is 11. The first-order valence-corrected chi connectivity index (χ1v) is 17.7. The number of piperazine rings is 1. The van der Waals surface area contributed by atoms with Crippen LogP contribution in [0, 0.1) is 0 Å². The zero-order valence-electron chi connectivity index (χ0n) is 24.0. The molecule has 41 heavy (non-hydrogen) atoms. The summed E-state index contributed by atoms with van der Waals surface area (Å²) < 4.78 is 13.8. The van der Waals surface area contributed by atoms with Crippen molar-refractivity contribution in [3.05, 3.63) is 66.6 Å². The smallest absolute Gasteiger partial charge is 0.248 e. The molecule has 0 bridgehead atoms. The SMILES string of the molecule is C[Si](C)(C)CCOCn1nccc1-c1ccc(Oc2ccc3cc(CN4CCN(C(=O)CO)CC4)cnc3c2)nc1. The summed E-state index contributed by atoms with van der Waals surface area (Å²) in [6.45, 7) is 11.3. The highest BCUT2D eigenvalue weighted by molar-refractivity contribution is 6.76. The van der Waals surface area contributed by atoms with Gasteiger partial charge in [0.25, 0.3) is 0 Å². The van der Waals surface area contributed by atoms with Crippen molar-refractivity contribution < 1.29 is 19.4 Å². The number of benzene rings is 1. The minimum atomic E-state index is -1.13. The minimum Gasteiger partial charge on any atom is -0.439 e. The average molecular weight is 575 g/mol. The van der Waals surface area contributed by atoms with E-state index in [4.69, 9.17) is 14.6 Å². The Balaban J connectivity index is 1.17. The molecule has 1 saturated heterocycles. The van der Waals surface area contributed by atoms with Crippen LogP contribution in [0.5, 0.6) is 11.6 Å². The predicted molar refractivity (Wildman–Crippen MR) is 160 cm³/mol. The highest BCUT2D eigenvalue weighted by Crippen LogP contribution is 2.26. The lowest BCUT2D eigenvalue weighted by atomic mass is 10.1. The number of aliphatic hydroxyl groups is 1. The van der Waals surface area contributed by atoms with Gasteiger partial charge in [0.05, 0.1) is 11.2 Å². The van der Waals surface area contributed by atoms with E-state index in [2.05, 4.69) is 45.7 Å². The van der Waals surface area contributed by atoms with Crippen LogP contribution in [0.15, 0.2) is 61.1 Å². The Labute approximate surface area is 241 Å². The number of hydrogen-bond donors (Lipinski definition) is 1. The summed E-state index contributed by atoms with van der Waals surface area (Å²) in [4.78, 5) is 24.9. The van der Waals surface area contributed by atoms with Crippen LogP contribution in [0.3, 0.4) is 0 Å². The molecule has 1 fully saturated rings. The van der Waals surface area contributed by atoms with Crippen LogP contribution in [-0.4, -0.2) is 88.0 Å². The van der Waals surface area contributed by atoms with E-state index in [0.717, 1.165) is 60.0 Å². The fourth-order valence-corrected chi connectivity index (χ4v) is 5.49. The van der Waals surface area contributed by atoms with Crippen LogP contribution in [0.4, 0.5) is 0 Å². The van der Waals surface area contributed by atoms with Gasteiger partial charge >= 0.3 is 0 Å². The Morgan fingerprint density at radius 3 is 2.56 bits per heavy atom. The molecule has 1 aromatic carbocycles. The molecule has 1 aliphatic rings. The number of pyridine rings is 2. The Hall–Kier alpha value is -3.64. The lowest BCUT2D eigenvalue weighted by Crippen LogP contribution is -2.49. The quantitative estimate of drug-likeness (QED) is 0.210. The monoisotopic (exact) mass is 574 g/mol. The van der Waals surface area contributed by atoms with Crippen LogP contribution in [0.2, 0.25) is 25.7 Å². The van der Waals surface area contributed by atoms with E-state index in [1.807, 2.05) is 47.3 Å². The summed E-state index contributed by atoms with van der Waals surface area (Å²) in [5, 5.41) is 14.5. The van der Waals surface area contributed by atoms with Gasteiger partial charge in [-0.25, -0.2) is 9.67 Å². The van der Waals surface area contributed by atoms with Crippen molar-refractivity contribution in [3.8, 4) is 22.9 Å². The Morgan fingerprint density at radius 1 is 1.00 bits per heavy atom. The molecule has 216 valence electrons. The number of carbonyl (C=O) groups is 1. The van der Waals surface area contributed by atoms with E-state index in [1.54, 1.807) is 17.3 Å². The van der Waals surface area contributed by atoms with E-state index in [-0.39, 0.29) is 5.91 Å². The molecule has 5 rings (SSSR count). The largest absolute Gasteiger partial charge is 0.439 e. The van der Waals surface area contributed by atoms with Crippen LogP contribution in [-0.2, 0) is 22.8 Å². The normalized spacial score (nSPS) is 14.5. The molecule has 10 nitrogen and oxygen atoms in total. The lowest BCUT2D eigenvalue weighted by Gasteiger charge is -2.34. The van der Waals surface area contributed by atoms with Gasteiger partial charge in [-0.3, -0.25) is 14.7 Å². The summed E-state index contributed by atoms with van der Waals surface area (Å²) in [6.07, 6.45) is 5.45. The van der Waals surface area contributed by atoms with Gasteiger partial charge in [0.1, 0.15) is 19.1 Å². The second kappa shape index (κ2) is 12.9. The van der Waals surface area contributed by atoms with Gasteiger partial charge in [-0.2, -0.15) is 5.10 Å². The molecule has 0 atom stereocenters. The fraction of sp³-hybridized carbons (Fsp3) is 0.400. The summed E-state index contributed by atoms with van der Waals surface area (Å²) in [5.41, 5.74) is 3.85. The van der Waals surface area contributed by atoms with Crippen molar-refractivity contribution >= 4 is 24.9 Å². The molecule has 0 aliphatic carbocycles. The molecule has 4 heterocycles. The molecule has 1 aliphatic heterocycles. The van der Waals surface area contributed by atoms with Crippen molar-refractivity contribution in [3.63, 3.8) is 0 Å². The van der Waals surface area contributed by atoms with Crippen LogP contribution in [0.25, 0.3) is 22.2 Å². The van der Waals surface area contributed by atoms with Crippen molar-refractivity contribution in [1.82, 2.24) is 29.5 Å². The first kappa shape index (κ1) is 28.9. The highest BCUT2D eigenvalue weighted by Gasteiger charge is 2.20. The number of carbonyl (C=O) groups excluding carboxylic acids is 1. The van der Waals surface area contributed by atoms with E-state index in [0.29, 0.717) is 31.4 Å². The number of aromatic nitrogens is 4. The first-order valence-electron chi connectivity index (χ1n) is 14.0. The van der Waals surface area contributed by atoms with Gasteiger partial charge in [0.2, 0.25) is 11.8 Å². The van der Waals surface area contributed by atoms with Gasteiger partial charge in [-0.15, -0.1) is 0 Å². The maximum absolute atomic E-state index is 11.7. The number of amides is 1. The Bertz CT molecular complexity index is 1460. The summed E-state index contributed by atoms with van der Waals surface area (Å²) in [6, 6.07) is 14.9. The minimum absolute atomic E-state index is 0.206. The van der Waals surface area contributed by atoms with Gasteiger partial charge in [0.15, 0.2) is 0 Å². The van der Waals surface area contributed by atoms with Gasteiger partial charge < -0.3 is 19.5 Å². The third kappa shape index (κ3) is 7.76. The van der Waals surface area contributed by atoms with Crippen molar-refractivity contribution in [1.29, 1.82) is 0 Å². The zero-order chi connectivity index (χ0) is 28.8. The van der Waals surface area contributed by atoms with Crippen LogP contribution >= 0.6 is 0 Å². The molecule has 1 N–H and O–H groups in total.